The van der Waals surface area contributed by atoms with E-state index >= 15 is 0 Å². The van der Waals surface area contributed by atoms with Gasteiger partial charge in [-0.05, 0) is 92.1 Å². The number of amides is 2. The van der Waals surface area contributed by atoms with E-state index in [1.54, 1.807) is 42.5 Å². The molecule has 0 spiro atoms. The number of nitrogens with one attached hydrogen (secondary N) is 2. The van der Waals surface area contributed by atoms with Crippen molar-refractivity contribution in [2.45, 2.75) is 30.0 Å². The van der Waals surface area contributed by atoms with Gasteiger partial charge in [-0.3, -0.25) is 19.7 Å². The molecule has 0 aliphatic carbocycles. The Morgan fingerprint density at radius 3 is 2.36 bits per heavy atom. The average molecular weight is 620 g/mol. The molecule has 0 saturated carbocycles. The highest BCUT2D eigenvalue weighted by Crippen LogP contribution is 2.40. The third kappa shape index (κ3) is 7.00. The summed E-state index contributed by atoms with van der Waals surface area (Å²) in [6, 6.07) is 24.5. The van der Waals surface area contributed by atoms with Crippen LogP contribution >= 0.6 is 23.1 Å². The molecule has 0 aliphatic rings. The second kappa shape index (κ2) is 12.9. The molecule has 11 heteroatoms. The van der Waals surface area contributed by atoms with Gasteiger partial charge in [-0.2, -0.15) is 5.26 Å². The second-order valence-corrected chi connectivity index (χ2v) is 12.3. The second-order valence-electron chi connectivity index (χ2n) is 9.99. The number of hydrogen-bond donors (Lipinski definition) is 2. The Morgan fingerprint density at radius 2 is 1.66 bits per heavy atom. The van der Waals surface area contributed by atoms with E-state index in [-0.39, 0.29) is 17.2 Å². The highest BCUT2D eigenvalue weighted by atomic mass is 32.2. The van der Waals surface area contributed by atoms with Crippen molar-refractivity contribution in [3.63, 3.8) is 0 Å². The Balaban J connectivity index is 1.34. The molecular formula is C33H25N5O4S2. The summed E-state index contributed by atoms with van der Waals surface area (Å²) >= 11 is 2.49. The number of rotatable bonds is 8. The first-order chi connectivity index (χ1) is 21.1. The molecule has 0 radical (unpaired) electrons. The molecule has 4 aromatic carbocycles. The highest BCUT2D eigenvalue weighted by molar-refractivity contribution is 8.01. The summed E-state index contributed by atoms with van der Waals surface area (Å²) in [5.41, 5.74) is 5.50. The maximum Gasteiger partial charge on any atom is 0.283 e. The highest BCUT2D eigenvalue weighted by Gasteiger charge is 2.19. The molecule has 2 amide bonds. The number of fused-ring (bicyclic) bond motifs is 1. The first kappa shape index (κ1) is 30.2. The Kier molecular flexibility index (Phi) is 8.85. The van der Waals surface area contributed by atoms with Crippen LogP contribution in [0.2, 0.25) is 0 Å². The number of nitrogens with zero attached hydrogens (tertiary/aromatic N) is 3. The van der Waals surface area contributed by atoms with E-state index in [0.29, 0.717) is 37.3 Å². The molecule has 1 aromatic heterocycles. The van der Waals surface area contributed by atoms with E-state index < -0.39 is 10.8 Å². The van der Waals surface area contributed by atoms with Crippen LogP contribution in [0.1, 0.15) is 32.6 Å². The molecule has 0 fully saturated rings. The summed E-state index contributed by atoms with van der Waals surface area (Å²) in [6.45, 7) is 5.83. The van der Waals surface area contributed by atoms with Crippen molar-refractivity contribution in [1.82, 2.24) is 4.98 Å². The van der Waals surface area contributed by atoms with Gasteiger partial charge < -0.3 is 10.6 Å². The molecule has 5 rings (SSSR count). The largest absolute Gasteiger partial charge is 0.322 e. The molecule has 218 valence electrons. The molecule has 2 N–H and O–H groups in total. The maximum absolute atomic E-state index is 12.8. The fourth-order valence-electron chi connectivity index (χ4n) is 4.21. The zero-order valence-corrected chi connectivity index (χ0v) is 25.5. The predicted octanol–water partition coefficient (Wildman–Crippen LogP) is 8.08. The van der Waals surface area contributed by atoms with Crippen LogP contribution in [0.5, 0.6) is 0 Å². The molecule has 9 nitrogen and oxygen atoms in total. The van der Waals surface area contributed by atoms with Crippen molar-refractivity contribution in [2.24, 2.45) is 0 Å². The summed E-state index contributed by atoms with van der Waals surface area (Å²) in [6.07, 6.45) is 1.32. The number of carbonyl (C=O) groups is 2. The van der Waals surface area contributed by atoms with Gasteiger partial charge in [0.15, 0.2) is 4.34 Å². The lowest BCUT2D eigenvalue weighted by Crippen LogP contribution is -2.13. The third-order valence-electron chi connectivity index (χ3n) is 6.76. The van der Waals surface area contributed by atoms with E-state index in [1.807, 2.05) is 57.2 Å². The number of nitro groups is 1. The van der Waals surface area contributed by atoms with Crippen LogP contribution in [0, 0.1) is 42.2 Å². The Hall–Kier alpha value is -5.31. The Bertz CT molecular complexity index is 2010. The number of benzene rings is 4. The number of aryl methyl sites for hydroxylation is 3. The van der Waals surface area contributed by atoms with Crippen molar-refractivity contribution in [3.05, 3.63) is 122 Å². The minimum atomic E-state index is -0.610. The topological polar surface area (TPSA) is 138 Å². The van der Waals surface area contributed by atoms with Crippen LogP contribution in [0.4, 0.5) is 17.1 Å². The molecule has 0 bridgehead atoms. The lowest BCUT2D eigenvalue weighted by molar-refractivity contribution is -0.387. The zero-order valence-electron chi connectivity index (χ0n) is 23.9. The van der Waals surface area contributed by atoms with Crippen LogP contribution in [-0.4, -0.2) is 21.7 Å². The molecule has 44 heavy (non-hydrogen) atoms. The van der Waals surface area contributed by atoms with Crippen molar-refractivity contribution < 1.29 is 14.5 Å². The summed E-state index contributed by atoms with van der Waals surface area (Å²) < 4.78 is 1.39. The minimum Gasteiger partial charge on any atom is -0.322 e. The quantitative estimate of drug-likeness (QED) is 0.0775. The molecule has 0 saturated heterocycles. The lowest BCUT2D eigenvalue weighted by atomic mass is 10.1. The van der Waals surface area contributed by atoms with Crippen molar-refractivity contribution >= 4 is 68.3 Å². The molecule has 0 unspecified atom stereocenters. The van der Waals surface area contributed by atoms with Crippen molar-refractivity contribution in [1.29, 1.82) is 5.26 Å². The van der Waals surface area contributed by atoms with Gasteiger partial charge in [0, 0.05) is 23.0 Å². The van der Waals surface area contributed by atoms with Crippen LogP contribution in [0.15, 0.2) is 93.7 Å². The van der Waals surface area contributed by atoms with E-state index in [2.05, 4.69) is 15.6 Å². The molecule has 1 heterocycles. The predicted molar refractivity (Wildman–Crippen MR) is 174 cm³/mol. The van der Waals surface area contributed by atoms with Gasteiger partial charge in [-0.1, -0.05) is 41.6 Å². The Morgan fingerprint density at radius 1 is 0.932 bits per heavy atom. The van der Waals surface area contributed by atoms with Gasteiger partial charge in [-0.25, -0.2) is 4.98 Å². The summed E-state index contributed by atoms with van der Waals surface area (Å²) in [5, 5.41) is 27.2. The van der Waals surface area contributed by atoms with Crippen LogP contribution in [0.3, 0.4) is 0 Å². The number of nitriles is 1. The van der Waals surface area contributed by atoms with Gasteiger partial charge in [0.25, 0.3) is 17.5 Å². The van der Waals surface area contributed by atoms with E-state index in [4.69, 9.17) is 0 Å². The van der Waals surface area contributed by atoms with Crippen LogP contribution < -0.4 is 10.6 Å². The van der Waals surface area contributed by atoms with Crippen molar-refractivity contribution in [2.75, 3.05) is 10.6 Å². The van der Waals surface area contributed by atoms with Gasteiger partial charge in [0.1, 0.15) is 11.6 Å². The van der Waals surface area contributed by atoms with Gasteiger partial charge in [0.2, 0.25) is 0 Å². The molecule has 5 aromatic rings. The standard InChI is InChI=1S/C33H25N5O4S2/c1-19-4-8-23(9-5-19)31(39)36-26-11-12-27-30(17-26)44-33(37-27)43-29-13-7-22(16-28(29)38(41)42)15-24(18-34)32(40)35-25-10-6-20(2)21(3)14-25/h4-17H,1-3H3,(H,35,40)(H,36,39)/b24-15+. The molecule has 0 atom stereocenters. The summed E-state index contributed by atoms with van der Waals surface area (Å²) in [7, 11) is 0. The lowest BCUT2D eigenvalue weighted by Gasteiger charge is -2.07. The monoisotopic (exact) mass is 619 g/mol. The summed E-state index contributed by atoms with van der Waals surface area (Å²) in [4.78, 5) is 41.8. The van der Waals surface area contributed by atoms with Crippen LogP contribution in [-0.2, 0) is 4.79 Å². The number of hydrogen-bond acceptors (Lipinski definition) is 8. The van der Waals surface area contributed by atoms with E-state index in [0.717, 1.165) is 33.2 Å². The number of nitro benzene ring substituents is 1. The smallest absolute Gasteiger partial charge is 0.283 e. The first-order valence-corrected chi connectivity index (χ1v) is 15.0. The SMILES string of the molecule is Cc1ccc(C(=O)Nc2ccc3nc(Sc4ccc(/C=C(\C#N)C(=O)Nc5ccc(C)c(C)c5)cc4[N+](=O)[O-])sc3c2)cc1. The van der Waals surface area contributed by atoms with Gasteiger partial charge in [0.05, 0.1) is 20.0 Å². The van der Waals surface area contributed by atoms with E-state index in [1.165, 1.54) is 23.5 Å². The van der Waals surface area contributed by atoms with Crippen molar-refractivity contribution in [3.8, 4) is 6.07 Å². The zero-order chi connectivity index (χ0) is 31.4. The van der Waals surface area contributed by atoms with E-state index in [9.17, 15) is 25.0 Å². The fraction of sp³-hybridized carbons (Fsp3) is 0.0909. The Labute approximate surface area is 261 Å². The van der Waals surface area contributed by atoms with Crippen LogP contribution in [0.25, 0.3) is 16.3 Å². The average Bonchev–Trinajstić information content (AvgIpc) is 3.40. The normalized spacial score (nSPS) is 11.2. The number of anilines is 2. The number of thiazole rings is 1. The molecular weight excluding hydrogens is 595 g/mol. The van der Waals surface area contributed by atoms with Gasteiger partial charge in [-0.15, -0.1) is 11.3 Å². The maximum atomic E-state index is 12.8. The van der Waals surface area contributed by atoms with Gasteiger partial charge >= 0.3 is 0 Å². The number of aromatic nitrogens is 1. The number of carbonyl (C=O) groups excluding carboxylic acids is 2. The minimum absolute atomic E-state index is 0.180. The third-order valence-corrected chi connectivity index (χ3v) is 8.90. The molecule has 0 aliphatic heterocycles. The fourth-order valence-corrected chi connectivity index (χ4v) is 6.36. The first-order valence-electron chi connectivity index (χ1n) is 13.3. The summed E-state index contributed by atoms with van der Waals surface area (Å²) in [5.74, 6) is -0.837.